The predicted octanol–water partition coefficient (Wildman–Crippen LogP) is 2.00. The summed E-state index contributed by atoms with van der Waals surface area (Å²) in [6.45, 7) is 5.85. The highest BCUT2D eigenvalue weighted by Crippen LogP contribution is 2.03. The molecular weight excluding hydrogens is 178 g/mol. The van der Waals surface area contributed by atoms with Crippen LogP contribution in [-0.2, 0) is 4.74 Å². The number of nitrogens with zero attached hydrogens (tertiary/aromatic N) is 1. The normalized spacial score (nSPS) is 10.6. The fourth-order valence-electron chi connectivity index (χ4n) is 1.03. The van der Waals surface area contributed by atoms with Gasteiger partial charge in [-0.15, -0.1) is 0 Å². The highest BCUT2D eigenvalue weighted by Gasteiger charge is 2.07. The number of ketones is 1. The summed E-state index contributed by atoms with van der Waals surface area (Å²) in [5, 5.41) is 0. The third-order valence-corrected chi connectivity index (χ3v) is 1.74. The lowest BCUT2D eigenvalue weighted by molar-refractivity contribution is 0.0584. The number of carbonyl (C=O) groups excluding carboxylic acids is 1. The highest BCUT2D eigenvalue weighted by atomic mass is 16.5. The van der Waals surface area contributed by atoms with Gasteiger partial charge in [-0.1, -0.05) is 0 Å². The van der Waals surface area contributed by atoms with E-state index in [4.69, 9.17) is 4.74 Å². The van der Waals surface area contributed by atoms with Crippen LogP contribution in [0.4, 0.5) is 0 Å². The van der Waals surface area contributed by atoms with Crippen LogP contribution in [0.3, 0.4) is 0 Å². The highest BCUT2D eigenvalue weighted by molar-refractivity contribution is 5.96. The van der Waals surface area contributed by atoms with Crippen molar-refractivity contribution in [2.45, 2.75) is 26.9 Å². The van der Waals surface area contributed by atoms with Crippen molar-refractivity contribution >= 4 is 5.78 Å². The molecule has 0 spiro atoms. The first-order valence-electron chi connectivity index (χ1n) is 4.66. The number of hydrogen-bond donors (Lipinski definition) is 0. The average molecular weight is 193 g/mol. The number of Topliss-reactive ketones (excluding diaryl/α,β-unsaturated/α-hetero) is 1. The van der Waals surface area contributed by atoms with Gasteiger partial charge in [-0.05, 0) is 32.4 Å². The molecule has 3 nitrogen and oxygen atoms in total. The van der Waals surface area contributed by atoms with Gasteiger partial charge in [0.1, 0.15) is 6.61 Å². The standard InChI is InChI=1S/C11H15NO2/c1-8(2)14-7-11(13)10-4-9(3)5-12-6-10/h4-6,8H,7H2,1-3H3. The maximum absolute atomic E-state index is 11.5. The summed E-state index contributed by atoms with van der Waals surface area (Å²) in [6, 6.07) is 1.82. The fraction of sp³-hybridized carbons (Fsp3) is 0.455. The minimum Gasteiger partial charge on any atom is -0.371 e. The Morgan fingerprint density at radius 3 is 2.79 bits per heavy atom. The van der Waals surface area contributed by atoms with Crippen molar-refractivity contribution in [1.29, 1.82) is 0 Å². The van der Waals surface area contributed by atoms with E-state index < -0.39 is 0 Å². The summed E-state index contributed by atoms with van der Waals surface area (Å²) < 4.78 is 5.22. The van der Waals surface area contributed by atoms with Crippen LogP contribution < -0.4 is 0 Å². The summed E-state index contributed by atoms with van der Waals surface area (Å²) in [7, 11) is 0. The van der Waals surface area contributed by atoms with Gasteiger partial charge in [0.15, 0.2) is 5.78 Å². The Morgan fingerprint density at radius 2 is 2.21 bits per heavy atom. The molecule has 0 atom stereocenters. The lowest BCUT2D eigenvalue weighted by atomic mass is 10.1. The van der Waals surface area contributed by atoms with Crippen molar-refractivity contribution < 1.29 is 9.53 Å². The molecule has 0 aliphatic carbocycles. The van der Waals surface area contributed by atoms with Crippen LogP contribution in [0.15, 0.2) is 18.5 Å². The molecule has 0 N–H and O–H groups in total. The molecule has 0 amide bonds. The van der Waals surface area contributed by atoms with Gasteiger partial charge in [-0.2, -0.15) is 0 Å². The van der Waals surface area contributed by atoms with E-state index >= 15 is 0 Å². The van der Waals surface area contributed by atoms with E-state index in [9.17, 15) is 4.79 Å². The first-order chi connectivity index (χ1) is 6.59. The Bertz CT molecular complexity index is 321. The summed E-state index contributed by atoms with van der Waals surface area (Å²) >= 11 is 0. The Labute approximate surface area is 84.1 Å². The quantitative estimate of drug-likeness (QED) is 0.686. The van der Waals surface area contributed by atoms with Crippen LogP contribution in [0.25, 0.3) is 0 Å². The average Bonchev–Trinajstić information content (AvgIpc) is 2.14. The molecule has 14 heavy (non-hydrogen) atoms. The van der Waals surface area contributed by atoms with Gasteiger partial charge in [0.2, 0.25) is 0 Å². The summed E-state index contributed by atoms with van der Waals surface area (Å²) in [6.07, 6.45) is 3.37. The Morgan fingerprint density at radius 1 is 1.50 bits per heavy atom. The van der Waals surface area contributed by atoms with E-state index in [0.717, 1.165) is 5.56 Å². The lowest BCUT2D eigenvalue weighted by Gasteiger charge is -2.06. The van der Waals surface area contributed by atoms with Gasteiger partial charge in [0.05, 0.1) is 6.10 Å². The number of pyridine rings is 1. The monoisotopic (exact) mass is 193 g/mol. The third kappa shape index (κ3) is 3.26. The van der Waals surface area contributed by atoms with Gasteiger partial charge in [0, 0.05) is 18.0 Å². The van der Waals surface area contributed by atoms with Crippen LogP contribution in [-0.4, -0.2) is 23.5 Å². The Hall–Kier alpha value is -1.22. The Balaban J connectivity index is 2.61. The number of ether oxygens (including phenoxy) is 1. The second kappa shape index (κ2) is 4.86. The van der Waals surface area contributed by atoms with Crippen LogP contribution in [0, 0.1) is 6.92 Å². The van der Waals surface area contributed by atoms with Crippen molar-refractivity contribution in [1.82, 2.24) is 4.98 Å². The molecule has 0 aromatic carbocycles. The molecule has 76 valence electrons. The van der Waals surface area contributed by atoms with Crippen molar-refractivity contribution in [3.05, 3.63) is 29.6 Å². The number of rotatable bonds is 4. The predicted molar refractivity (Wildman–Crippen MR) is 54.4 cm³/mol. The summed E-state index contributed by atoms with van der Waals surface area (Å²) in [5.41, 5.74) is 1.60. The minimum atomic E-state index is -0.0186. The molecule has 0 saturated carbocycles. The van der Waals surface area contributed by atoms with Crippen molar-refractivity contribution in [2.75, 3.05) is 6.61 Å². The number of carbonyl (C=O) groups is 1. The van der Waals surface area contributed by atoms with E-state index in [2.05, 4.69) is 4.98 Å². The van der Waals surface area contributed by atoms with Crippen molar-refractivity contribution in [2.24, 2.45) is 0 Å². The van der Waals surface area contributed by atoms with Gasteiger partial charge in [-0.3, -0.25) is 9.78 Å². The van der Waals surface area contributed by atoms with Crippen LogP contribution in [0.2, 0.25) is 0 Å². The van der Waals surface area contributed by atoms with E-state index in [1.165, 1.54) is 0 Å². The maximum atomic E-state index is 11.5. The minimum absolute atomic E-state index is 0.0186. The summed E-state index contributed by atoms with van der Waals surface area (Å²) in [5.74, 6) is -0.0186. The van der Waals surface area contributed by atoms with Crippen LogP contribution >= 0.6 is 0 Å². The van der Waals surface area contributed by atoms with Gasteiger partial charge in [0.25, 0.3) is 0 Å². The van der Waals surface area contributed by atoms with Gasteiger partial charge in [-0.25, -0.2) is 0 Å². The van der Waals surface area contributed by atoms with Crippen molar-refractivity contribution in [3.8, 4) is 0 Å². The zero-order valence-corrected chi connectivity index (χ0v) is 8.78. The molecule has 0 fully saturated rings. The molecule has 1 heterocycles. The number of aryl methyl sites for hydroxylation is 1. The number of aromatic nitrogens is 1. The van der Waals surface area contributed by atoms with Crippen LogP contribution in [0.5, 0.6) is 0 Å². The lowest BCUT2D eigenvalue weighted by Crippen LogP contribution is -2.13. The van der Waals surface area contributed by atoms with Gasteiger partial charge < -0.3 is 4.74 Å². The Kier molecular flexibility index (Phi) is 3.77. The van der Waals surface area contributed by atoms with Crippen molar-refractivity contribution in [3.63, 3.8) is 0 Å². The smallest absolute Gasteiger partial charge is 0.190 e. The largest absolute Gasteiger partial charge is 0.371 e. The SMILES string of the molecule is Cc1cncc(C(=O)COC(C)C)c1. The molecule has 0 saturated heterocycles. The maximum Gasteiger partial charge on any atom is 0.190 e. The van der Waals surface area contributed by atoms with E-state index in [1.807, 2.05) is 26.8 Å². The first-order valence-corrected chi connectivity index (χ1v) is 4.66. The number of hydrogen-bond acceptors (Lipinski definition) is 3. The van der Waals surface area contributed by atoms with E-state index in [0.29, 0.717) is 5.56 Å². The molecule has 0 radical (unpaired) electrons. The topological polar surface area (TPSA) is 39.2 Å². The molecular formula is C11H15NO2. The molecule has 0 aliphatic heterocycles. The zero-order chi connectivity index (χ0) is 10.6. The second-order valence-electron chi connectivity index (χ2n) is 3.53. The summed E-state index contributed by atoms with van der Waals surface area (Å²) in [4.78, 5) is 15.5. The van der Waals surface area contributed by atoms with Gasteiger partial charge >= 0.3 is 0 Å². The molecule has 0 bridgehead atoms. The van der Waals surface area contributed by atoms with E-state index in [1.54, 1.807) is 12.4 Å². The molecule has 1 aromatic heterocycles. The third-order valence-electron chi connectivity index (χ3n) is 1.74. The molecule has 1 aromatic rings. The second-order valence-corrected chi connectivity index (χ2v) is 3.53. The fourth-order valence-corrected chi connectivity index (χ4v) is 1.03. The molecule has 3 heteroatoms. The van der Waals surface area contributed by atoms with Crippen LogP contribution in [0.1, 0.15) is 29.8 Å². The molecule has 0 aliphatic rings. The zero-order valence-electron chi connectivity index (χ0n) is 8.78. The molecule has 1 rings (SSSR count). The van der Waals surface area contributed by atoms with E-state index in [-0.39, 0.29) is 18.5 Å². The first kappa shape index (κ1) is 10.9. The molecule has 0 unspecified atom stereocenters.